The Labute approximate surface area is 108 Å². The number of hydrogen-bond donors (Lipinski definition) is 1. The van der Waals surface area contributed by atoms with Gasteiger partial charge in [0.25, 0.3) is 0 Å². The van der Waals surface area contributed by atoms with Crippen LogP contribution in [0.4, 0.5) is 0 Å². The Bertz CT molecular complexity index is 341. The molecule has 0 radical (unpaired) electrons. The van der Waals surface area contributed by atoms with E-state index in [9.17, 15) is 5.11 Å². The molecule has 1 unspecified atom stereocenters. The summed E-state index contributed by atoms with van der Waals surface area (Å²) in [5.41, 5.74) is 0.844. The van der Waals surface area contributed by atoms with Crippen molar-refractivity contribution in [3.8, 4) is 0 Å². The van der Waals surface area contributed by atoms with Crippen LogP contribution < -0.4 is 0 Å². The van der Waals surface area contributed by atoms with Crippen molar-refractivity contribution in [1.82, 2.24) is 0 Å². The molecule has 0 spiro atoms. The second-order valence-corrected chi connectivity index (χ2v) is 7.57. The molecular weight excluding hydrogens is 228 g/mol. The van der Waals surface area contributed by atoms with Crippen molar-refractivity contribution in [3.63, 3.8) is 0 Å². The van der Waals surface area contributed by atoms with E-state index < -0.39 is 5.60 Å². The van der Waals surface area contributed by atoms with Crippen LogP contribution in [0.15, 0.2) is 30.3 Å². The highest BCUT2D eigenvalue weighted by atomic mass is 32.2. The number of aliphatic hydroxyl groups is 1. The molecule has 1 aromatic carbocycles. The molecule has 94 valence electrons. The van der Waals surface area contributed by atoms with Crippen molar-refractivity contribution < 1.29 is 5.11 Å². The van der Waals surface area contributed by atoms with Gasteiger partial charge in [0.2, 0.25) is 0 Å². The smallest absolute Gasteiger partial charge is 0.171 e. The van der Waals surface area contributed by atoms with Gasteiger partial charge in [0.05, 0.1) is 12.5 Å². The van der Waals surface area contributed by atoms with Crippen molar-refractivity contribution in [1.29, 1.82) is 0 Å². The maximum Gasteiger partial charge on any atom is 0.171 e. The van der Waals surface area contributed by atoms with Gasteiger partial charge < -0.3 is 5.11 Å². The average Bonchev–Trinajstić information content (AvgIpc) is 2.30. The fourth-order valence-corrected chi connectivity index (χ4v) is 4.89. The van der Waals surface area contributed by atoms with Gasteiger partial charge in [-0.2, -0.15) is 0 Å². The third kappa shape index (κ3) is 2.86. The van der Waals surface area contributed by atoms with E-state index in [2.05, 4.69) is 42.8 Å². The first kappa shape index (κ1) is 13.0. The molecule has 2 rings (SSSR count). The minimum absolute atomic E-state index is 0.209. The molecular formula is C15H23OS+. The summed E-state index contributed by atoms with van der Waals surface area (Å²) >= 11 is 0. The zero-order valence-corrected chi connectivity index (χ0v) is 11.7. The van der Waals surface area contributed by atoms with Gasteiger partial charge in [-0.25, -0.2) is 0 Å². The highest BCUT2D eigenvalue weighted by Gasteiger charge is 2.45. The number of rotatable bonds is 3. The zero-order chi connectivity index (χ0) is 12.3. The Hall–Kier alpha value is -0.470. The summed E-state index contributed by atoms with van der Waals surface area (Å²) in [6.45, 7) is 0. The molecule has 1 aliphatic carbocycles. The molecule has 1 N–H and O–H groups in total. The fraction of sp³-hybridized carbons (Fsp3) is 0.600. The summed E-state index contributed by atoms with van der Waals surface area (Å²) in [6, 6.07) is 10.6. The van der Waals surface area contributed by atoms with Crippen molar-refractivity contribution >= 4 is 10.9 Å². The largest absolute Gasteiger partial charge is 0.384 e. The molecule has 17 heavy (non-hydrogen) atoms. The van der Waals surface area contributed by atoms with Crippen molar-refractivity contribution in [2.45, 2.75) is 43.0 Å². The minimum atomic E-state index is -0.466. The number of hydrogen-bond acceptors (Lipinski definition) is 1. The van der Waals surface area contributed by atoms with Crippen LogP contribution in [0, 0.1) is 0 Å². The van der Waals surface area contributed by atoms with Crippen LogP contribution >= 0.6 is 0 Å². The van der Waals surface area contributed by atoms with E-state index in [1.54, 1.807) is 0 Å². The Morgan fingerprint density at radius 1 is 1.06 bits per heavy atom. The maximum absolute atomic E-state index is 11.0. The Kier molecular flexibility index (Phi) is 4.16. The van der Waals surface area contributed by atoms with Gasteiger partial charge in [-0.3, -0.25) is 0 Å². The Morgan fingerprint density at radius 2 is 1.65 bits per heavy atom. The average molecular weight is 251 g/mol. The van der Waals surface area contributed by atoms with E-state index in [0.717, 1.165) is 12.8 Å². The van der Waals surface area contributed by atoms with E-state index >= 15 is 0 Å². The second-order valence-electron chi connectivity index (χ2n) is 5.33. The summed E-state index contributed by atoms with van der Waals surface area (Å²) in [7, 11) is 0.209. The summed E-state index contributed by atoms with van der Waals surface area (Å²) in [5.74, 6) is 0. The summed E-state index contributed by atoms with van der Waals surface area (Å²) < 4.78 is 0. The van der Waals surface area contributed by atoms with Crippen LogP contribution in [0.1, 0.15) is 42.9 Å². The molecule has 0 heterocycles. The minimum Gasteiger partial charge on any atom is -0.384 e. The predicted molar refractivity (Wildman–Crippen MR) is 76.4 cm³/mol. The van der Waals surface area contributed by atoms with Gasteiger partial charge >= 0.3 is 0 Å². The highest BCUT2D eigenvalue weighted by molar-refractivity contribution is 7.95. The zero-order valence-electron chi connectivity index (χ0n) is 10.9. The Morgan fingerprint density at radius 3 is 2.18 bits per heavy atom. The molecule has 0 saturated heterocycles. The SMILES string of the molecule is C[S+](C)C(c1ccccc1)C1(O)CCCCC1. The van der Waals surface area contributed by atoms with E-state index in [1.807, 2.05) is 0 Å². The monoisotopic (exact) mass is 251 g/mol. The topological polar surface area (TPSA) is 20.2 Å². The van der Waals surface area contributed by atoms with Gasteiger partial charge in [-0.15, -0.1) is 0 Å². The van der Waals surface area contributed by atoms with Crippen LogP contribution in [-0.4, -0.2) is 23.2 Å². The lowest BCUT2D eigenvalue weighted by molar-refractivity contribution is 0.000968. The van der Waals surface area contributed by atoms with Gasteiger partial charge in [0, 0.05) is 5.56 Å². The molecule has 1 nitrogen and oxygen atoms in total. The van der Waals surface area contributed by atoms with Gasteiger partial charge in [0.15, 0.2) is 5.25 Å². The maximum atomic E-state index is 11.0. The lowest BCUT2D eigenvalue weighted by Gasteiger charge is -2.36. The molecule has 2 heteroatoms. The third-order valence-corrected chi connectivity index (χ3v) is 5.43. The fourth-order valence-electron chi connectivity index (χ4n) is 3.08. The van der Waals surface area contributed by atoms with Crippen LogP contribution in [0.2, 0.25) is 0 Å². The molecule has 0 aliphatic heterocycles. The predicted octanol–water partition coefficient (Wildman–Crippen LogP) is 3.30. The van der Waals surface area contributed by atoms with Crippen LogP contribution in [0.3, 0.4) is 0 Å². The van der Waals surface area contributed by atoms with Crippen molar-refractivity contribution in [3.05, 3.63) is 35.9 Å². The van der Waals surface area contributed by atoms with Crippen LogP contribution in [0.25, 0.3) is 0 Å². The second kappa shape index (κ2) is 5.45. The van der Waals surface area contributed by atoms with E-state index in [4.69, 9.17) is 0 Å². The lowest BCUT2D eigenvalue weighted by atomic mass is 9.80. The molecule has 1 aromatic rings. The molecule has 0 amide bonds. The lowest BCUT2D eigenvalue weighted by Crippen LogP contribution is -2.41. The normalized spacial score (nSPS) is 21.4. The van der Waals surface area contributed by atoms with Gasteiger partial charge in [-0.05, 0) is 23.7 Å². The summed E-state index contributed by atoms with van der Waals surface area (Å²) in [6.07, 6.45) is 10.1. The summed E-state index contributed by atoms with van der Waals surface area (Å²) in [5, 5.41) is 11.3. The van der Waals surface area contributed by atoms with Crippen molar-refractivity contribution in [2.75, 3.05) is 12.5 Å². The van der Waals surface area contributed by atoms with Crippen molar-refractivity contribution in [2.24, 2.45) is 0 Å². The molecule has 1 atom stereocenters. The molecule has 1 aliphatic rings. The highest BCUT2D eigenvalue weighted by Crippen LogP contribution is 2.42. The van der Waals surface area contributed by atoms with E-state index in [0.29, 0.717) is 5.25 Å². The van der Waals surface area contributed by atoms with Crippen LogP contribution in [0.5, 0.6) is 0 Å². The summed E-state index contributed by atoms with van der Waals surface area (Å²) in [4.78, 5) is 0. The molecule has 0 aromatic heterocycles. The van der Waals surface area contributed by atoms with E-state index in [-0.39, 0.29) is 10.9 Å². The Balaban J connectivity index is 2.28. The quantitative estimate of drug-likeness (QED) is 0.817. The van der Waals surface area contributed by atoms with Crippen LogP contribution in [-0.2, 0) is 10.9 Å². The van der Waals surface area contributed by atoms with Gasteiger partial charge in [-0.1, -0.05) is 49.6 Å². The first-order chi connectivity index (χ1) is 8.13. The van der Waals surface area contributed by atoms with Gasteiger partial charge in [0.1, 0.15) is 5.60 Å². The third-order valence-electron chi connectivity index (χ3n) is 3.78. The van der Waals surface area contributed by atoms with E-state index in [1.165, 1.54) is 24.8 Å². The standard InChI is InChI=1S/C15H23OS/c1-17(2)14(13-9-5-3-6-10-13)15(16)11-7-4-8-12-15/h3,5-6,9-10,14,16H,4,7-8,11-12H2,1-2H3/q+1. The molecule has 0 bridgehead atoms. The molecule has 1 saturated carbocycles. The number of benzene rings is 1. The first-order valence-corrected chi connectivity index (χ1v) is 8.58. The molecule has 1 fully saturated rings. The first-order valence-electron chi connectivity index (χ1n) is 6.47.